The summed E-state index contributed by atoms with van der Waals surface area (Å²) in [6, 6.07) is 5.25. The fraction of sp³-hybridized carbons (Fsp3) is 0.467. The van der Waals surface area contributed by atoms with Gasteiger partial charge in [-0.2, -0.15) is 0 Å². The van der Waals surface area contributed by atoms with Crippen molar-refractivity contribution in [2.24, 2.45) is 0 Å². The summed E-state index contributed by atoms with van der Waals surface area (Å²) in [5.74, 6) is 0.154. The van der Waals surface area contributed by atoms with Crippen molar-refractivity contribution in [1.82, 2.24) is 9.55 Å². The van der Waals surface area contributed by atoms with Crippen LogP contribution in [0.2, 0.25) is 0 Å². The fourth-order valence-electron chi connectivity index (χ4n) is 2.30. The molecule has 1 N–H and O–H groups in total. The molecule has 1 atom stereocenters. The van der Waals surface area contributed by atoms with Gasteiger partial charge in [-0.05, 0) is 19.1 Å². The standard InChI is InChI=1S/C15H20N2O3/c1-9(2)14-16-13-11(15(18)19)6-5-7-12(13)17(14)8-10(3)20-4/h5-7,9-10H,8H2,1-4H3,(H,18,19). The Morgan fingerprint density at radius 3 is 2.65 bits per heavy atom. The van der Waals surface area contributed by atoms with Gasteiger partial charge in [-0.3, -0.25) is 0 Å². The molecule has 0 radical (unpaired) electrons. The first kappa shape index (κ1) is 14.5. The first-order valence-corrected chi connectivity index (χ1v) is 6.71. The van der Waals surface area contributed by atoms with Gasteiger partial charge >= 0.3 is 5.97 Å². The second-order valence-electron chi connectivity index (χ2n) is 5.26. The van der Waals surface area contributed by atoms with Crippen molar-refractivity contribution in [2.45, 2.75) is 39.3 Å². The monoisotopic (exact) mass is 276 g/mol. The lowest BCUT2D eigenvalue weighted by Gasteiger charge is -2.15. The molecule has 0 amide bonds. The zero-order valence-corrected chi connectivity index (χ0v) is 12.3. The molecule has 108 valence electrons. The van der Waals surface area contributed by atoms with Crippen LogP contribution in [-0.4, -0.2) is 33.8 Å². The zero-order valence-electron chi connectivity index (χ0n) is 12.3. The maximum Gasteiger partial charge on any atom is 0.337 e. The molecule has 0 bridgehead atoms. The van der Waals surface area contributed by atoms with E-state index >= 15 is 0 Å². The Balaban J connectivity index is 2.67. The van der Waals surface area contributed by atoms with Crippen LogP contribution in [0.15, 0.2) is 18.2 Å². The summed E-state index contributed by atoms with van der Waals surface area (Å²) in [6.45, 7) is 6.74. The number of aromatic nitrogens is 2. The molecule has 0 fully saturated rings. The van der Waals surface area contributed by atoms with E-state index in [0.717, 1.165) is 11.3 Å². The molecule has 20 heavy (non-hydrogen) atoms. The number of para-hydroxylation sites is 1. The van der Waals surface area contributed by atoms with Gasteiger partial charge in [-0.25, -0.2) is 9.78 Å². The largest absolute Gasteiger partial charge is 0.478 e. The molecule has 1 unspecified atom stereocenters. The molecule has 1 aromatic heterocycles. The molecular formula is C15H20N2O3. The summed E-state index contributed by atoms with van der Waals surface area (Å²) in [5.41, 5.74) is 1.64. The number of carboxylic acids is 1. The number of carboxylic acid groups (broad SMARTS) is 1. The Bertz CT molecular complexity index is 631. The van der Waals surface area contributed by atoms with Crippen molar-refractivity contribution in [1.29, 1.82) is 0 Å². The van der Waals surface area contributed by atoms with Crippen molar-refractivity contribution in [3.63, 3.8) is 0 Å². The normalized spacial score (nSPS) is 13.1. The van der Waals surface area contributed by atoms with Crippen LogP contribution in [0.1, 0.15) is 42.9 Å². The molecular weight excluding hydrogens is 256 g/mol. The Labute approximate surface area is 118 Å². The number of benzene rings is 1. The van der Waals surface area contributed by atoms with E-state index in [2.05, 4.69) is 23.4 Å². The molecule has 5 heteroatoms. The molecule has 0 spiro atoms. The highest BCUT2D eigenvalue weighted by atomic mass is 16.5. The second kappa shape index (κ2) is 5.63. The van der Waals surface area contributed by atoms with E-state index in [-0.39, 0.29) is 17.6 Å². The lowest BCUT2D eigenvalue weighted by Crippen LogP contribution is -2.17. The van der Waals surface area contributed by atoms with Crippen LogP contribution in [0.3, 0.4) is 0 Å². The number of ether oxygens (including phenoxy) is 1. The first-order valence-electron chi connectivity index (χ1n) is 6.71. The number of aromatic carboxylic acids is 1. The molecule has 5 nitrogen and oxygen atoms in total. The predicted molar refractivity (Wildman–Crippen MR) is 77.3 cm³/mol. The Hall–Kier alpha value is -1.88. The molecule has 1 heterocycles. The van der Waals surface area contributed by atoms with Crippen molar-refractivity contribution in [3.05, 3.63) is 29.6 Å². The van der Waals surface area contributed by atoms with Crippen molar-refractivity contribution >= 4 is 17.0 Å². The van der Waals surface area contributed by atoms with Gasteiger partial charge in [0.05, 0.1) is 23.7 Å². The molecule has 0 aliphatic heterocycles. The Kier molecular flexibility index (Phi) is 4.09. The summed E-state index contributed by atoms with van der Waals surface area (Å²) in [4.78, 5) is 15.9. The van der Waals surface area contributed by atoms with E-state index < -0.39 is 5.97 Å². The lowest BCUT2D eigenvalue weighted by molar-refractivity contribution is 0.0699. The number of imidazole rings is 1. The number of hydrogen-bond donors (Lipinski definition) is 1. The summed E-state index contributed by atoms with van der Waals surface area (Å²) >= 11 is 0. The molecule has 0 aliphatic carbocycles. The highest BCUT2D eigenvalue weighted by Gasteiger charge is 2.19. The van der Waals surface area contributed by atoms with Crippen molar-refractivity contribution < 1.29 is 14.6 Å². The molecule has 0 saturated carbocycles. The quantitative estimate of drug-likeness (QED) is 0.912. The first-order chi connectivity index (χ1) is 9.45. The molecule has 1 aromatic carbocycles. The minimum absolute atomic E-state index is 0.0402. The Morgan fingerprint density at radius 1 is 1.40 bits per heavy atom. The number of methoxy groups -OCH3 is 1. The van der Waals surface area contributed by atoms with Crippen LogP contribution in [0.5, 0.6) is 0 Å². The molecule has 2 rings (SSSR count). The van der Waals surface area contributed by atoms with Crippen LogP contribution in [0.4, 0.5) is 0 Å². The molecule has 0 saturated heterocycles. The van der Waals surface area contributed by atoms with E-state index in [1.54, 1.807) is 19.2 Å². The summed E-state index contributed by atoms with van der Waals surface area (Å²) in [6.07, 6.45) is 0.0402. The summed E-state index contributed by atoms with van der Waals surface area (Å²) < 4.78 is 7.38. The van der Waals surface area contributed by atoms with E-state index in [9.17, 15) is 9.90 Å². The third kappa shape index (κ3) is 2.54. The van der Waals surface area contributed by atoms with E-state index in [0.29, 0.717) is 12.1 Å². The van der Waals surface area contributed by atoms with Gasteiger partial charge in [0.25, 0.3) is 0 Å². The minimum atomic E-state index is -0.949. The number of fused-ring (bicyclic) bond motifs is 1. The highest BCUT2D eigenvalue weighted by Crippen LogP contribution is 2.25. The second-order valence-corrected chi connectivity index (χ2v) is 5.26. The van der Waals surface area contributed by atoms with Gasteiger partial charge in [-0.15, -0.1) is 0 Å². The van der Waals surface area contributed by atoms with Gasteiger partial charge in [0.1, 0.15) is 11.3 Å². The third-order valence-corrected chi connectivity index (χ3v) is 3.40. The van der Waals surface area contributed by atoms with E-state index in [1.807, 2.05) is 13.0 Å². The van der Waals surface area contributed by atoms with Crippen LogP contribution in [0, 0.1) is 0 Å². The molecule has 0 aliphatic rings. The highest BCUT2D eigenvalue weighted by molar-refractivity contribution is 6.01. The number of hydrogen-bond acceptors (Lipinski definition) is 3. The van der Waals surface area contributed by atoms with Gasteiger partial charge in [0.2, 0.25) is 0 Å². The van der Waals surface area contributed by atoms with Crippen LogP contribution in [0.25, 0.3) is 11.0 Å². The summed E-state index contributed by atoms with van der Waals surface area (Å²) in [5, 5.41) is 9.28. The van der Waals surface area contributed by atoms with Crippen molar-refractivity contribution in [3.8, 4) is 0 Å². The maximum absolute atomic E-state index is 11.3. The average molecular weight is 276 g/mol. The molecule has 2 aromatic rings. The fourth-order valence-corrected chi connectivity index (χ4v) is 2.30. The number of rotatable bonds is 5. The zero-order chi connectivity index (χ0) is 14.9. The van der Waals surface area contributed by atoms with Gasteiger partial charge in [0, 0.05) is 13.0 Å². The maximum atomic E-state index is 11.3. The average Bonchev–Trinajstić information content (AvgIpc) is 2.77. The van der Waals surface area contributed by atoms with Crippen LogP contribution in [-0.2, 0) is 11.3 Å². The van der Waals surface area contributed by atoms with Crippen molar-refractivity contribution in [2.75, 3.05) is 7.11 Å². The SMILES string of the molecule is COC(C)Cn1c(C(C)C)nc2c(C(=O)O)cccc21. The van der Waals surface area contributed by atoms with Gasteiger partial charge < -0.3 is 14.4 Å². The predicted octanol–water partition coefficient (Wildman–Crippen LogP) is 2.89. The van der Waals surface area contributed by atoms with Gasteiger partial charge in [-0.1, -0.05) is 19.9 Å². The third-order valence-electron chi connectivity index (χ3n) is 3.40. The number of carbonyl (C=O) groups is 1. The van der Waals surface area contributed by atoms with Crippen LogP contribution < -0.4 is 0 Å². The van der Waals surface area contributed by atoms with E-state index in [4.69, 9.17) is 4.74 Å². The number of nitrogens with zero attached hydrogens (tertiary/aromatic N) is 2. The minimum Gasteiger partial charge on any atom is -0.478 e. The smallest absolute Gasteiger partial charge is 0.337 e. The van der Waals surface area contributed by atoms with Crippen LogP contribution >= 0.6 is 0 Å². The van der Waals surface area contributed by atoms with E-state index in [1.165, 1.54) is 0 Å². The Morgan fingerprint density at radius 2 is 2.10 bits per heavy atom. The van der Waals surface area contributed by atoms with Gasteiger partial charge in [0.15, 0.2) is 0 Å². The topological polar surface area (TPSA) is 64.4 Å². The summed E-state index contributed by atoms with van der Waals surface area (Å²) in [7, 11) is 1.67. The lowest BCUT2D eigenvalue weighted by atomic mass is 10.2.